The minimum Gasteiger partial charge on any atom is -0.464 e. The summed E-state index contributed by atoms with van der Waals surface area (Å²) in [6.07, 6.45) is 0. The van der Waals surface area contributed by atoms with Crippen LogP contribution in [0.3, 0.4) is 0 Å². The van der Waals surface area contributed by atoms with E-state index in [1.165, 1.54) is 0 Å². The standard InChI is InChI=1S/C22H24ClNO5/c1-3-28-21(26)20(22(27)29-4-2)24(18(25)15-23)19(16-11-7-5-8-12-16)17-13-9-6-10-14-17/h5-14,19-20H,3-4,15H2,1-2H3. The first-order valence-corrected chi connectivity index (χ1v) is 9.88. The molecule has 0 saturated heterocycles. The van der Waals surface area contributed by atoms with E-state index >= 15 is 0 Å². The van der Waals surface area contributed by atoms with E-state index in [4.69, 9.17) is 21.1 Å². The smallest absolute Gasteiger partial charge is 0.340 e. The number of esters is 2. The number of rotatable bonds is 9. The van der Waals surface area contributed by atoms with Gasteiger partial charge in [-0.25, -0.2) is 9.59 Å². The number of halogens is 1. The maximum absolute atomic E-state index is 12.9. The van der Waals surface area contributed by atoms with Crippen LogP contribution in [0.5, 0.6) is 0 Å². The van der Waals surface area contributed by atoms with Crippen molar-refractivity contribution in [3.63, 3.8) is 0 Å². The molecule has 2 aromatic rings. The van der Waals surface area contributed by atoms with Crippen LogP contribution in [0, 0.1) is 0 Å². The van der Waals surface area contributed by atoms with Crippen molar-refractivity contribution in [3.05, 3.63) is 71.8 Å². The molecule has 0 aliphatic heterocycles. The Kier molecular flexibility index (Phi) is 8.68. The molecule has 0 aliphatic rings. The molecule has 0 heterocycles. The Morgan fingerprint density at radius 2 is 1.24 bits per heavy atom. The van der Waals surface area contributed by atoms with Crippen LogP contribution in [0.4, 0.5) is 0 Å². The maximum atomic E-state index is 12.9. The van der Waals surface area contributed by atoms with Gasteiger partial charge in [0.1, 0.15) is 5.88 Å². The quantitative estimate of drug-likeness (QED) is 0.355. The third-order valence-corrected chi connectivity index (χ3v) is 4.44. The van der Waals surface area contributed by atoms with Crippen molar-refractivity contribution >= 4 is 29.4 Å². The lowest BCUT2D eigenvalue weighted by molar-refractivity contribution is -0.168. The highest BCUT2D eigenvalue weighted by Crippen LogP contribution is 2.31. The molecule has 1 amide bonds. The highest BCUT2D eigenvalue weighted by atomic mass is 35.5. The van der Waals surface area contributed by atoms with Crippen molar-refractivity contribution in [2.75, 3.05) is 19.1 Å². The number of amides is 1. The van der Waals surface area contributed by atoms with Gasteiger partial charge >= 0.3 is 11.9 Å². The first kappa shape index (κ1) is 22.4. The number of benzene rings is 2. The summed E-state index contributed by atoms with van der Waals surface area (Å²) in [4.78, 5) is 39.6. The highest BCUT2D eigenvalue weighted by Gasteiger charge is 2.43. The molecule has 0 bridgehead atoms. The second-order valence-corrected chi connectivity index (χ2v) is 6.33. The molecule has 2 aromatic carbocycles. The Hall–Kier alpha value is -2.86. The van der Waals surface area contributed by atoms with E-state index in [0.29, 0.717) is 0 Å². The molecule has 7 heteroatoms. The Morgan fingerprint density at radius 3 is 1.59 bits per heavy atom. The topological polar surface area (TPSA) is 72.9 Å². The van der Waals surface area contributed by atoms with Crippen molar-refractivity contribution in [1.82, 2.24) is 4.90 Å². The molecule has 0 atom stereocenters. The van der Waals surface area contributed by atoms with Crippen molar-refractivity contribution < 1.29 is 23.9 Å². The monoisotopic (exact) mass is 417 g/mol. The molecule has 0 radical (unpaired) electrons. The van der Waals surface area contributed by atoms with Crippen molar-refractivity contribution in [2.24, 2.45) is 0 Å². The van der Waals surface area contributed by atoms with E-state index in [1.807, 2.05) is 60.7 Å². The first-order chi connectivity index (χ1) is 14.0. The van der Waals surface area contributed by atoms with Gasteiger partial charge < -0.3 is 14.4 Å². The van der Waals surface area contributed by atoms with E-state index < -0.39 is 35.8 Å². The van der Waals surface area contributed by atoms with Gasteiger partial charge in [-0.15, -0.1) is 11.6 Å². The summed E-state index contributed by atoms with van der Waals surface area (Å²) in [7, 11) is 0. The Morgan fingerprint density at radius 1 is 0.828 bits per heavy atom. The molecule has 0 fully saturated rings. The molecule has 2 rings (SSSR count). The number of hydrogen-bond acceptors (Lipinski definition) is 5. The lowest BCUT2D eigenvalue weighted by Gasteiger charge is -2.36. The summed E-state index contributed by atoms with van der Waals surface area (Å²) in [5.74, 6) is -2.72. The molecule has 29 heavy (non-hydrogen) atoms. The normalized spacial score (nSPS) is 10.7. The van der Waals surface area contributed by atoms with Gasteiger partial charge in [-0.05, 0) is 25.0 Å². The first-order valence-electron chi connectivity index (χ1n) is 9.35. The molecule has 0 saturated carbocycles. The van der Waals surface area contributed by atoms with E-state index in [0.717, 1.165) is 16.0 Å². The lowest BCUT2D eigenvalue weighted by Crippen LogP contribution is -2.53. The van der Waals surface area contributed by atoms with Crippen LogP contribution in [0.2, 0.25) is 0 Å². The van der Waals surface area contributed by atoms with Crippen LogP contribution >= 0.6 is 11.6 Å². The van der Waals surface area contributed by atoms with E-state index in [-0.39, 0.29) is 13.2 Å². The third kappa shape index (κ3) is 5.57. The molecule has 0 aromatic heterocycles. The van der Waals surface area contributed by atoms with Crippen LogP contribution in [-0.2, 0) is 23.9 Å². The second-order valence-electron chi connectivity index (χ2n) is 6.07. The zero-order valence-corrected chi connectivity index (χ0v) is 17.2. The minimum absolute atomic E-state index is 0.0545. The van der Waals surface area contributed by atoms with Gasteiger partial charge in [0.15, 0.2) is 0 Å². The van der Waals surface area contributed by atoms with Gasteiger partial charge in [-0.2, -0.15) is 0 Å². The van der Waals surface area contributed by atoms with Crippen molar-refractivity contribution in [2.45, 2.75) is 25.9 Å². The summed E-state index contributed by atoms with van der Waals surface area (Å²) in [5.41, 5.74) is 1.44. The highest BCUT2D eigenvalue weighted by molar-refractivity contribution is 6.27. The van der Waals surface area contributed by atoms with E-state index in [2.05, 4.69) is 0 Å². The van der Waals surface area contributed by atoms with E-state index in [1.54, 1.807) is 13.8 Å². The molecule has 6 nitrogen and oxygen atoms in total. The number of nitrogens with zero attached hydrogens (tertiary/aromatic N) is 1. The fraction of sp³-hybridized carbons (Fsp3) is 0.318. The summed E-state index contributed by atoms with van der Waals surface area (Å²) in [6, 6.07) is 15.9. The molecule has 0 N–H and O–H groups in total. The van der Waals surface area contributed by atoms with Gasteiger partial charge in [-0.3, -0.25) is 4.79 Å². The average Bonchev–Trinajstić information content (AvgIpc) is 2.74. The Labute approximate surface area is 175 Å². The predicted octanol–water partition coefficient (Wildman–Crippen LogP) is 3.34. The predicted molar refractivity (Wildman–Crippen MR) is 109 cm³/mol. The van der Waals surface area contributed by atoms with Crippen molar-refractivity contribution in [3.8, 4) is 0 Å². The van der Waals surface area contributed by atoms with Gasteiger partial charge in [0.2, 0.25) is 11.9 Å². The van der Waals surface area contributed by atoms with Gasteiger partial charge in [-0.1, -0.05) is 60.7 Å². The summed E-state index contributed by atoms with van der Waals surface area (Å²) < 4.78 is 10.2. The molecular formula is C22H24ClNO5. The maximum Gasteiger partial charge on any atom is 0.340 e. The average molecular weight is 418 g/mol. The third-order valence-electron chi connectivity index (χ3n) is 4.21. The van der Waals surface area contributed by atoms with Gasteiger partial charge in [0, 0.05) is 0 Å². The number of hydrogen-bond donors (Lipinski definition) is 0. The van der Waals surface area contributed by atoms with Crippen LogP contribution in [0.25, 0.3) is 0 Å². The number of carbonyl (C=O) groups excluding carboxylic acids is 3. The molecule has 154 valence electrons. The number of ether oxygens (including phenoxy) is 2. The van der Waals surface area contributed by atoms with Crippen LogP contribution < -0.4 is 0 Å². The zero-order chi connectivity index (χ0) is 21.2. The van der Waals surface area contributed by atoms with E-state index in [9.17, 15) is 14.4 Å². The molecule has 0 unspecified atom stereocenters. The lowest BCUT2D eigenvalue weighted by atomic mass is 9.95. The molecule has 0 spiro atoms. The summed E-state index contributed by atoms with van der Waals surface area (Å²) in [5, 5.41) is 0. The molecular weight excluding hydrogens is 394 g/mol. The summed E-state index contributed by atoms with van der Waals surface area (Å²) in [6.45, 7) is 3.36. The largest absolute Gasteiger partial charge is 0.464 e. The Balaban J connectivity index is 2.67. The minimum atomic E-state index is -1.58. The van der Waals surface area contributed by atoms with Crippen molar-refractivity contribution in [1.29, 1.82) is 0 Å². The fourth-order valence-electron chi connectivity index (χ4n) is 3.06. The van der Waals surface area contributed by atoms with Gasteiger partial charge in [0.05, 0.1) is 19.3 Å². The number of carbonyl (C=O) groups is 3. The van der Waals surface area contributed by atoms with Crippen LogP contribution in [-0.4, -0.2) is 47.9 Å². The number of alkyl halides is 1. The van der Waals surface area contributed by atoms with Crippen LogP contribution in [0.1, 0.15) is 31.0 Å². The molecule has 0 aliphatic carbocycles. The summed E-state index contributed by atoms with van der Waals surface area (Å²) >= 11 is 5.88. The van der Waals surface area contributed by atoms with Gasteiger partial charge in [0.25, 0.3) is 0 Å². The zero-order valence-electron chi connectivity index (χ0n) is 16.4. The fourth-order valence-corrected chi connectivity index (χ4v) is 3.19. The second kappa shape index (κ2) is 11.2. The van der Waals surface area contributed by atoms with Crippen LogP contribution in [0.15, 0.2) is 60.7 Å². The SMILES string of the molecule is CCOC(=O)C(C(=O)OCC)N(C(=O)CCl)C(c1ccccc1)c1ccccc1. The Bertz CT molecular complexity index is 755.